The van der Waals surface area contributed by atoms with Gasteiger partial charge < -0.3 is 0 Å². The van der Waals surface area contributed by atoms with Crippen LogP contribution in [0.25, 0.3) is 0 Å². The van der Waals surface area contributed by atoms with Crippen molar-refractivity contribution in [3.63, 3.8) is 0 Å². The van der Waals surface area contributed by atoms with Crippen LogP contribution in [-0.4, -0.2) is 12.3 Å². The van der Waals surface area contributed by atoms with Crippen molar-refractivity contribution in [1.29, 1.82) is 0 Å². The third kappa shape index (κ3) is 3.61. The first-order chi connectivity index (χ1) is 7.74. The van der Waals surface area contributed by atoms with E-state index >= 15 is 0 Å². The van der Waals surface area contributed by atoms with Crippen LogP contribution in [0.1, 0.15) is 12.8 Å². The van der Waals surface area contributed by atoms with Crippen molar-refractivity contribution < 1.29 is 0 Å². The van der Waals surface area contributed by atoms with Gasteiger partial charge in [0.15, 0.2) is 0 Å². The molecule has 0 saturated heterocycles. The summed E-state index contributed by atoms with van der Waals surface area (Å²) in [6.45, 7) is 0. The fourth-order valence-electron chi connectivity index (χ4n) is 2.02. The van der Waals surface area contributed by atoms with E-state index in [4.69, 9.17) is 22.9 Å². The Balaban J connectivity index is 1.76. The summed E-state index contributed by atoms with van der Waals surface area (Å²) in [6, 6.07) is 0. The van der Waals surface area contributed by atoms with E-state index in [0.29, 0.717) is 11.8 Å². The van der Waals surface area contributed by atoms with E-state index in [1.165, 1.54) is 12.8 Å². The van der Waals surface area contributed by atoms with Gasteiger partial charge in [0.1, 0.15) is 0 Å². The zero-order valence-corrected chi connectivity index (χ0v) is 10.6. The van der Waals surface area contributed by atoms with Crippen molar-refractivity contribution in [2.75, 3.05) is 0 Å². The van der Waals surface area contributed by atoms with Gasteiger partial charge in [-0.15, -0.1) is 0 Å². The first kappa shape index (κ1) is 12.1. The summed E-state index contributed by atoms with van der Waals surface area (Å²) in [5.41, 5.74) is 0. The van der Waals surface area contributed by atoms with Crippen LogP contribution in [0, 0.1) is 11.8 Å². The highest BCUT2D eigenvalue weighted by molar-refractivity contribution is 7.13. The van der Waals surface area contributed by atoms with E-state index in [-0.39, 0.29) is 12.3 Å². The molecule has 0 saturated carbocycles. The lowest BCUT2D eigenvalue weighted by Gasteiger charge is -2.16. The molecule has 2 aliphatic rings. The molecule has 0 spiro atoms. The van der Waals surface area contributed by atoms with Crippen LogP contribution in [0.15, 0.2) is 48.2 Å². The minimum absolute atomic E-state index is 0.0859. The quantitative estimate of drug-likeness (QED) is 0.667. The Hall–Kier alpha value is -0.330. The van der Waals surface area contributed by atoms with Crippen LogP contribution in [0.3, 0.4) is 0 Å². The fraction of sp³-hybridized carbons (Fsp3) is 0.333. The Morgan fingerprint density at radius 2 is 1.00 bits per heavy atom. The van der Waals surface area contributed by atoms with Crippen molar-refractivity contribution in [1.82, 2.24) is 0 Å². The van der Waals surface area contributed by atoms with E-state index in [9.17, 15) is 0 Å². The van der Waals surface area contributed by atoms with Gasteiger partial charge in [-0.2, -0.15) is 22.9 Å². The number of hydrogen-bond acceptors (Lipinski definition) is 0. The molecule has 2 aliphatic heterocycles. The molecular weight excluding hydrogens is 237 g/mol. The fourth-order valence-corrected chi connectivity index (χ4v) is 2.36. The van der Waals surface area contributed by atoms with E-state index in [0.717, 1.165) is 0 Å². The van der Waals surface area contributed by atoms with Gasteiger partial charge in [-0.3, -0.25) is 0 Å². The molecule has 0 aromatic heterocycles. The van der Waals surface area contributed by atoms with Crippen LogP contribution >= 0.6 is 22.9 Å². The summed E-state index contributed by atoms with van der Waals surface area (Å²) in [5.74, 6) is 9.35. The van der Waals surface area contributed by atoms with Crippen molar-refractivity contribution in [3.05, 3.63) is 48.2 Å². The van der Waals surface area contributed by atoms with Gasteiger partial charge in [-0.25, -0.2) is 0 Å². The molecule has 0 atom stereocenters. The molecule has 0 nitrogen and oxygen atoms in total. The van der Waals surface area contributed by atoms with Crippen molar-refractivity contribution >= 4 is 35.2 Å². The van der Waals surface area contributed by atoms with Crippen LogP contribution < -0.4 is 0 Å². The average Bonchev–Trinajstić information content (AvgIpc) is 2.30. The molecule has 2 rings (SSSR count). The van der Waals surface area contributed by atoms with Gasteiger partial charge in [0.2, 0.25) is 0 Å². The second-order valence-corrected chi connectivity index (χ2v) is 5.34. The Morgan fingerprint density at radius 3 is 1.31 bits per heavy atom. The highest BCUT2D eigenvalue weighted by Crippen LogP contribution is 2.22. The van der Waals surface area contributed by atoms with Crippen molar-refractivity contribution in [3.8, 4) is 0 Å². The monoisotopic (exact) mass is 250 g/mol. The summed E-state index contributed by atoms with van der Waals surface area (Å²) >= 11 is 11.9. The standard InChI is InChI=1S/C12H14B2Cl2/c15-13-7-3-11(4-8-13)1-2-12-5-9-14(16)10-6-12/h3-12H,1-2H2. The number of allylic oxidation sites excluding steroid dienone is 4. The molecule has 0 unspecified atom stereocenters. The van der Waals surface area contributed by atoms with Gasteiger partial charge in [0, 0.05) is 0 Å². The summed E-state index contributed by atoms with van der Waals surface area (Å²) in [6.07, 6.45) is 11.3. The molecule has 82 valence electrons. The molecule has 16 heavy (non-hydrogen) atoms. The van der Waals surface area contributed by atoms with Gasteiger partial charge >= 0.3 is 0 Å². The minimum Gasteiger partial charge on any atom is -0.183 e. The molecule has 4 heteroatoms. The summed E-state index contributed by atoms with van der Waals surface area (Å²) in [4.78, 5) is 0. The van der Waals surface area contributed by atoms with Crippen molar-refractivity contribution in [2.45, 2.75) is 12.8 Å². The number of rotatable bonds is 3. The molecule has 0 aromatic carbocycles. The van der Waals surface area contributed by atoms with Gasteiger partial charge in [-0.1, -0.05) is 48.2 Å². The topological polar surface area (TPSA) is 0 Å². The number of halogens is 2. The Bertz CT molecular complexity index is 285. The van der Waals surface area contributed by atoms with E-state index in [1.807, 2.05) is 0 Å². The lowest BCUT2D eigenvalue weighted by molar-refractivity contribution is 0.596. The van der Waals surface area contributed by atoms with Crippen LogP contribution in [0.4, 0.5) is 0 Å². The largest absolute Gasteiger partial charge is 0.300 e. The van der Waals surface area contributed by atoms with Crippen LogP contribution in [0.2, 0.25) is 0 Å². The summed E-state index contributed by atoms with van der Waals surface area (Å²) in [5, 5.41) is 0. The lowest BCUT2D eigenvalue weighted by Crippen LogP contribution is -2.08. The second kappa shape index (κ2) is 5.84. The third-order valence-electron chi connectivity index (χ3n) is 3.00. The van der Waals surface area contributed by atoms with E-state index in [1.54, 1.807) is 0 Å². The normalized spacial score (nSPS) is 21.1. The molecule has 0 N–H and O–H groups in total. The Labute approximate surface area is 108 Å². The van der Waals surface area contributed by atoms with Crippen LogP contribution in [-0.2, 0) is 0 Å². The van der Waals surface area contributed by atoms with Gasteiger partial charge in [0.25, 0.3) is 12.3 Å². The molecule has 0 fully saturated rings. The zero-order valence-electron chi connectivity index (χ0n) is 9.10. The van der Waals surface area contributed by atoms with E-state index < -0.39 is 0 Å². The molecule has 0 aromatic rings. The van der Waals surface area contributed by atoms with Gasteiger partial charge in [-0.05, 0) is 24.7 Å². The Morgan fingerprint density at radius 1 is 0.688 bits per heavy atom. The summed E-state index contributed by atoms with van der Waals surface area (Å²) < 4.78 is 0. The molecule has 0 amide bonds. The highest BCUT2D eigenvalue weighted by Gasteiger charge is 2.13. The summed E-state index contributed by atoms with van der Waals surface area (Å²) in [7, 11) is 0. The predicted octanol–water partition coefficient (Wildman–Crippen LogP) is 3.87. The maximum Gasteiger partial charge on any atom is 0.300 e. The zero-order chi connectivity index (χ0) is 11.4. The molecule has 0 bridgehead atoms. The smallest absolute Gasteiger partial charge is 0.183 e. The van der Waals surface area contributed by atoms with E-state index in [2.05, 4.69) is 48.2 Å². The predicted molar refractivity (Wildman–Crippen MR) is 76.0 cm³/mol. The second-order valence-electron chi connectivity index (χ2n) is 4.33. The van der Waals surface area contributed by atoms with Crippen molar-refractivity contribution in [2.24, 2.45) is 11.8 Å². The average molecular weight is 251 g/mol. The SMILES string of the molecule is ClB1C=CC(CCC2C=CB(Cl)C=C2)C=C1. The first-order valence-electron chi connectivity index (χ1n) is 5.75. The molecule has 0 radical (unpaired) electrons. The molecule has 0 aliphatic carbocycles. The minimum atomic E-state index is 0.0859. The number of hydrogen-bond donors (Lipinski definition) is 0. The lowest BCUT2D eigenvalue weighted by atomic mass is 9.69. The maximum absolute atomic E-state index is 5.94. The first-order valence-corrected chi connectivity index (χ1v) is 6.63. The third-order valence-corrected chi connectivity index (χ3v) is 3.58. The molecular formula is C12H14B2Cl2. The Kier molecular flexibility index (Phi) is 4.43. The molecule has 2 heterocycles. The van der Waals surface area contributed by atoms with Gasteiger partial charge in [0.05, 0.1) is 0 Å². The highest BCUT2D eigenvalue weighted by atomic mass is 35.5. The van der Waals surface area contributed by atoms with Crippen LogP contribution in [0.5, 0.6) is 0 Å². The maximum atomic E-state index is 5.94.